The molecule has 1 saturated heterocycles. The standard InChI is InChI=1S/C22H25FN4O2/c1-25(15-18-7-3-4-8-20(18)26-13-5-2-6-14-26)16-27-22(28)29-21(24-27)17-9-11-19(23)12-10-17/h3-4,7-12H,2,5-6,13-16H2,1H3. The third-order valence-corrected chi connectivity index (χ3v) is 5.20. The highest BCUT2D eigenvalue weighted by Gasteiger charge is 2.16. The number of para-hydroxylation sites is 1. The summed E-state index contributed by atoms with van der Waals surface area (Å²) in [6.07, 6.45) is 3.75. The summed E-state index contributed by atoms with van der Waals surface area (Å²) in [5.74, 6) is -0.680. The van der Waals surface area contributed by atoms with Crippen molar-refractivity contribution < 1.29 is 8.81 Å². The molecule has 1 aromatic heterocycles. The molecule has 0 atom stereocenters. The molecule has 1 fully saturated rings. The Balaban J connectivity index is 1.47. The normalized spacial score (nSPS) is 14.5. The van der Waals surface area contributed by atoms with Gasteiger partial charge in [0, 0.05) is 30.9 Å². The van der Waals surface area contributed by atoms with Gasteiger partial charge in [-0.3, -0.25) is 4.90 Å². The number of nitrogens with zero attached hydrogens (tertiary/aromatic N) is 4. The lowest BCUT2D eigenvalue weighted by Gasteiger charge is -2.31. The van der Waals surface area contributed by atoms with Crippen LogP contribution in [0.2, 0.25) is 0 Å². The van der Waals surface area contributed by atoms with Crippen LogP contribution < -0.4 is 10.7 Å². The lowest BCUT2D eigenvalue weighted by molar-refractivity contribution is 0.237. The predicted octanol–water partition coefficient (Wildman–Crippen LogP) is 3.72. The minimum atomic E-state index is -0.527. The van der Waals surface area contributed by atoms with E-state index in [0.29, 0.717) is 18.8 Å². The maximum atomic E-state index is 13.1. The Kier molecular flexibility index (Phi) is 5.76. The summed E-state index contributed by atoms with van der Waals surface area (Å²) < 4.78 is 19.6. The fourth-order valence-corrected chi connectivity index (χ4v) is 3.76. The molecule has 0 N–H and O–H groups in total. The van der Waals surface area contributed by atoms with Crippen LogP contribution in [0.3, 0.4) is 0 Å². The molecule has 3 aromatic rings. The SMILES string of the molecule is CN(Cc1ccccc1N1CCCCC1)Cn1nc(-c2ccc(F)cc2)oc1=O. The molecule has 0 saturated carbocycles. The molecule has 6 nitrogen and oxygen atoms in total. The van der Waals surface area contributed by atoms with Gasteiger partial charge in [-0.2, -0.15) is 4.68 Å². The summed E-state index contributed by atoms with van der Waals surface area (Å²) >= 11 is 0. The van der Waals surface area contributed by atoms with Crippen LogP contribution in [0.1, 0.15) is 24.8 Å². The van der Waals surface area contributed by atoms with Crippen molar-refractivity contribution >= 4 is 5.69 Å². The van der Waals surface area contributed by atoms with Crippen LogP contribution in [0.25, 0.3) is 11.5 Å². The van der Waals surface area contributed by atoms with Gasteiger partial charge in [-0.05, 0) is 62.2 Å². The van der Waals surface area contributed by atoms with Crippen LogP contribution in [0.5, 0.6) is 0 Å². The predicted molar refractivity (Wildman–Crippen MR) is 110 cm³/mol. The Bertz CT molecular complexity index is 1010. The van der Waals surface area contributed by atoms with Gasteiger partial charge in [0.15, 0.2) is 0 Å². The van der Waals surface area contributed by atoms with Gasteiger partial charge in [0.05, 0.1) is 0 Å². The zero-order valence-corrected chi connectivity index (χ0v) is 16.6. The molecule has 152 valence electrons. The van der Waals surface area contributed by atoms with E-state index in [4.69, 9.17) is 4.42 Å². The average molecular weight is 396 g/mol. The summed E-state index contributed by atoms with van der Waals surface area (Å²) in [4.78, 5) is 16.7. The summed E-state index contributed by atoms with van der Waals surface area (Å²) in [5.41, 5.74) is 3.06. The van der Waals surface area contributed by atoms with E-state index < -0.39 is 5.76 Å². The lowest BCUT2D eigenvalue weighted by atomic mass is 10.1. The molecule has 7 heteroatoms. The molecular weight excluding hydrogens is 371 g/mol. The van der Waals surface area contributed by atoms with E-state index in [9.17, 15) is 9.18 Å². The minimum absolute atomic E-state index is 0.192. The second kappa shape index (κ2) is 8.61. The molecule has 2 heterocycles. The van der Waals surface area contributed by atoms with Crippen LogP contribution in [-0.4, -0.2) is 34.8 Å². The van der Waals surface area contributed by atoms with Crippen molar-refractivity contribution in [1.29, 1.82) is 0 Å². The minimum Gasteiger partial charge on any atom is -0.388 e. The number of halogens is 1. The first-order chi connectivity index (χ1) is 14.1. The van der Waals surface area contributed by atoms with Gasteiger partial charge in [-0.1, -0.05) is 18.2 Å². The second-order valence-electron chi connectivity index (χ2n) is 7.51. The number of hydrogen-bond acceptors (Lipinski definition) is 5. The van der Waals surface area contributed by atoms with Crippen LogP contribution in [0.15, 0.2) is 57.7 Å². The van der Waals surface area contributed by atoms with Crippen molar-refractivity contribution in [2.75, 3.05) is 25.0 Å². The number of benzene rings is 2. The van der Waals surface area contributed by atoms with E-state index in [1.807, 2.05) is 18.0 Å². The van der Waals surface area contributed by atoms with Crippen molar-refractivity contribution in [2.45, 2.75) is 32.5 Å². The van der Waals surface area contributed by atoms with Gasteiger partial charge in [0.2, 0.25) is 5.89 Å². The highest BCUT2D eigenvalue weighted by Crippen LogP contribution is 2.25. The fourth-order valence-electron chi connectivity index (χ4n) is 3.76. The molecule has 0 aliphatic carbocycles. The third-order valence-electron chi connectivity index (χ3n) is 5.20. The van der Waals surface area contributed by atoms with Gasteiger partial charge in [-0.25, -0.2) is 9.18 Å². The first-order valence-corrected chi connectivity index (χ1v) is 9.95. The molecule has 0 bridgehead atoms. The Morgan fingerprint density at radius 2 is 1.79 bits per heavy atom. The highest BCUT2D eigenvalue weighted by molar-refractivity contribution is 5.54. The molecule has 0 radical (unpaired) electrons. The molecular formula is C22H25FN4O2. The molecule has 0 amide bonds. The first kappa shape index (κ1) is 19.4. The van der Waals surface area contributed by atoms with E-state index in [-0.39, 0.29) is 11.7 Å². The average Bonchev–Trinajstić information content (AvgIpc) is 3.09. The smallest absolute Gasteiger partial charge is 0.388 e. The van der Waals surface area contributed by atoms with Gasteiger partial charge < -0.3 is 9.32 Å². The largest absolute Gasteiger partial charge is 0.438 e. The van der Waals surface area contributed by atoms with Gasteiger partial charge in [0.1, 0.15) is 12.5 Å². The maximum Gasteiger partial charge on any atom is 0.438 e. The zero-order valence-electron chi connectivity index (χ0n) is 16.6. The molecule has 0 unspecified atom stereocenters. The molecule has 2 aromatic carbocycles. The highest BCUT2D eigenvalue weighted by atomic mass is 19.1. The fraction of sp³-hybridized carbons (Fsp3) is 0.364. The summed E-state index contributed by atoms with van der Waals surface area (Å²) in [6, 6.07) is 14.2. The molecule has 29 heavy (non-hydrogen) atoms. The van der Waals surface area contributed by atoms with E-state index in [1.54, 1.807) is 12.1 Å². The zero-order chi connectivity index (χ0) is 20.2. The maximum absolute atomic E-state index is 13.1. The van der Waals surface area contributed by atoms with E-state index in [1.165, 1.54) is 47.3 Å². The van der Waals surface area contributed by atoms with Crippen LogP contribution in [0.4, 0.5) is 10.1 Å². The Morgan fingerprint density at radius 1 is 1.07 bits per heavy atom. The number of hydrogen-bond donors (Lipinski definition) is 0. The third kappa shape index (κ3) is 4.56. The van der Waals surface area contributed by atoms with Gasteiger partial charge in [-0.15, -0.1) is 5.10 Å². The summed E-state index contributed by atoms with van der Waals surface area (Å²) in [6.45, 7) is 3.17. The van der Waals surface area contributed by atoms with Crippen LogP contribution >= 0.6 is 0 Å². The molecule has 4 rings (SSSR count). The molecule has 0 spiro atoms. The Hall–Kier alpha value is -2.93. The monoisotopic (exact) mass is 396 g/mol. The van der Waals surface area contributed by atoms with Crippen molar-refractivity contribution in [3.8, 4) is 11.5 Å². The second-order valence-corrected chi connectivity index (χ2v) is 7.51. The van der Waals surface area contributed by atoms with Crippen LogP contribution in [-0.2, 0) is 13.2 Å². The van der Waals surface area contributed by atoms with Gasteiger partial charge in [0.25, 0.3) is 0 Å². The lowest BCUT2D eigenvalue weighted by Crippen LogP contribution is -2.32. The van der Waals surface area contributed by atoms with Crippen molar-refractivity contribution in [3.05, 3.63) is 70.5 Å². The number of anilines is 1. The van der Waals surface area contributed by atoms with Crippen molar-refractivity contribution in [2.24, 2.45) is 0 Å². The van der Waals surface area contributed by atoms with Gasteiger partial charge >= 0.3 is 5.76 Å². The Labute approximate surface area is 169 Å². The molecule has 1 aliphatic heterocycles. The number of rotatable bonds is 6. The number of piperidine rings is 1. The van der Waals surface area contributed by atoms with E-state index in [0.717, 1.165) is 13.1 Å². The number of aromatic nitrogens is 2. The summed E-state index contributed by atoms with van der Waals surface area (Å²) in [5, 5.41) is 4.27. The first-order valence-electron chi connectivity index (χ1n) is 9.95. The van der Waals surface area contributed by atoms with Crippen LogP contribution in [0, 0.1) is 5.82 Å². The van der Waals surface area contributed by atoms with E-state index in [2.05, 4.69) is 28.2 Å². The quantitative estimate of drug-likeness (QED) is 0.636. The topological polar surface area (TPSA) is 54.5 Å². The summed E-state index contributed by atoms with van der Waals surface area (Å²) in [7, 11) is 1.95. The van der Waals surface area contributed by atoms with Crippen molar-refractivity contribution in [1.82, 2.24) is 14.7 Å². The van der Waals surface area contributed by atoms with Crippen molar-refractivity contribution in [3.63, 3.8) is 0 Å². The molecule has 1 aliphatic rings. The van der Waals surface area contributed by atoms with E-state index >= 15 is 0 Å². The Morgan fingerprint density at radius 3 is 2.55 bits per heavy atom.